The minimum absolute atomic E-state index is 0.0214. The molecule has 7 nitrogen and oxygen atoms in total. The molecule has 0 radical (unpaired) electrons. The number of likely N-dealkylation sites (N-methyl/N-ethyl adjacent to an activating group) is 1. The molecule has 0 atom stereocenters. The van der Waals surface area contributed by atoms with Crippen LogP contribution in [0.4, 0.5) is 0 Å². The number of carbonyl (C=O) groups excluding carboxylic acids is 2. The van der Waals surface area contributed by atoms with Gasteiger partial charge in [0.05, 0.1) is 20.5 Å². The van der Waals surface area contributed by atoms with Crippen molar-refractivity contribution in [3.8, 4) is 0 Å². The van der Waals surface area contributed by atoms with E-state index >= 15 is 0 Å². The zero-order chi connectivity index (χ0) is 21.9. The topological polar surface area (TPSA) is 92.8 Å². The van der Waals surface area contributed by atoms with E-state index in [1.54, 1.807) is 25.2 Å². The van der Waals surface area contributed by atoms with E-state index in [4.69, 9.17) is 27.9 Å². The van der Waals surface area contributed by atoms with Crippen LogP contribution in [0.25, 0.3) is 0 Å². The highest BCUT2D eigenvalue weighted by molar-refractivity contribution is 7.89. The molecular weight excluding hydrogens is 451 g/mol. The maximum atomic E-state index is 12.3. The molecule has 2 aromatic carbocycles. The zero-order valence-corrected chi connectivity index (χ0v) is 18.4. The number of amides is 1. The molecule has 1 amide bonds. The Bertz CT molecular complexity index is 1070. The van der Waals surface area contributed by atoms with E-state index in [-0.39, 0.29) is 23.0 Å². The number of nitrogens with one attached hydrogen (secondary N) is 1. The Morgan fingerprint density at radius 2 is 1.87 bits per heavy atom. The van der Waals surface area contributed by atoms with Crippen LogP contribution in [-0.4, -0.2) is 44.9 Å². The van der Waals surface area contributed by atoms with Crippen molar-refractivity contribution in [2.75, 3.05) is 13.7 Å². The van der Waals surface area contributed by atoms with Crippen LogP contribution < -0.4 is 4.72 Å². The van der Waals surface area contributed by atoms with Crippen LogP contribution in [0.5, 0.6) is 0 Å². The molecule has 0 saturated heterocycles. The van der Waals surface area contributed by atoms with Crippen LogP contribution in [-0.2, 0) is 26.1 Å². The summed E-state index contributed by atoms with van der Waals surface area (Å²) in [4.78, 5) is 25.9. The van der Waals surface area contributed by atoms with E-state index in [2.05, 4.69) is 4.72 Å². The highest BCUT2D eigenvalue weighted by atomic mass is 35.5. The fourth-order valence-corrected chi connectivity index (χ4v) is 4.27. The lowest BCUT2D eigenvalue weighted by Crippen LogP contribution is -2.31. The Kier molecular flexibility index (Phi) is 7.02. The van der Waals surface area contributed by atoms with Crippen molar-refractivity contribution >= 4 is 45.1 Å². The molecule has 1 aliphatic carbocycles. The maximum Gasteiger partial charge on any atom is 0.338 e. The molecular formula is C20H20Cl2N2O5S. The van der Waals surface area contributed by atoms with Gasteiger partial charge in [0.1, 0.15) is 0 Å². The largest absolute Gasteiger partial charge is 0.452 e. The molecule has 0 bridgehead atoms. The van der Waals surface area contributed by atoms with Gasteiger partial charge < -0.3 is 9.64 Å². The predicted molar refractivity (Wildman–Crippen MR) is 113 cm³/mol. The molecule has 1 N–H and O–H groups in total. The Morgan fingerprint density at radius 1 is 1.13 bits per heavy atom. The second-order valence-corrected chi connectivity index (χ2v) is 9.53. The third kappa shape index (κ3) is 5.95. The van der Waals surface area contributed by atoms with E-state index in [0.29, 0.717) is 10.0 Å². The summed E-state index contributed by atoms with van der Waals surface area (Å²) in [5, 5.41) is 0.798. The number of carbonyl (C=O) groups is 2. The minimum atomic E-state index is -3.69. The molecule has 1 saturated carbocycles. The summed E-state index contributed by atoms with van der Waals surface area (Å²) in [6.07, 6.45) is 1.61. The maximum absolute atomic E-state index is 12.3. The van der Waals surface area contributed by atoms with Crippen LogP contribution in [0, 0.1) is 0 Å². The number of rotatable bonds is 8. The molecule has 0 aliphatic heterocycles. The number of halogens is 2. The summed E-state index contributed by atoms with van der Waals surface area (Å²) < 4.78 is 32.2. The van der Waals surface area contributed by atoms with Crippen molar-refractivity contribution in [3.63, 3.8) is 0 Å². The van der Waals surface area contributed by atoms with Crippen LogP contribution in [0.3, 0.4) is 0 Å². The third-order valence-corrected chi connectivity index (χ3v) is 6.69. The Morgan fingerprint density at radius 3 is 2.53 bits per heavy atom. The average Bonchev–Trinajstić information content (AvgIpc) is 3.52. The van der Waals surface area contributed by atoms with Gasteiger partial charge in [0.15, 0.2) is 6.61 Å². The normalized spacial score (nSPS) is 13.7. The Hall–Kier alpha value is -2.13. The standard InChI is InChI=1S/C20H20Cl2N2O5S/c1-24(11-13-5-8-17(21)18(22)9-13)19(25)12-29-20(26)14-3-2-4-16(10-14)30(27,28)23-15-6-7-15/h2-5,8-10,15,23H,6-7,11-12H2,1H3. The van der Waals surface area contributed by atoms with E-state index < -0.39 is 28.5 Å². The molecule has 10 heteroatoms. The van der Waals surface area contributed by atoms with Gasteiger partial charge in [-0.1, -0.05) is 35.3 Å². The van der Waals surface area contributed by atoms with Crippen molar-refractivity contribution in [2.24, 2.45) is 0 Å². The monoisotopic (exact) mass is 470 g/mol. The highest BCUT2D eigenvalue weighted by Crippen LogP contribution is 2.24. The molecule has 0 unspecified atom stereocenters. The number of hydrogen-bond acceptors (Lipinski definition) is 5. The summed E-state index contributed by atoms with van der Waals surface area (Å²) in [6.45, 7) is -0.220. The molecule has 1 fully saturated rings. The van der Waals surface area contributed by atoms with Gasteiger partial charge in [-0.25, -0.2) is 17.9 Å². The van der Waals surface area contributed by atoms with Crippen molar-refractivity contribution in [1.29, 1.82) is 0 Å². The highest BCUT2D eigenvalue weighted by Gasteiger charge is 2.28. The first-order valence-corrected chi connectivity index (χ1v) is 11.4. The Balaban J connectivity index is 1.57. The fourth-order valence-electron chi connectivity index (χ4n) is 2.60. The molecule has 2 aromatic rings. The quantitative estimate of drug-likeness (QED) is 0.597. The Labute approximate surface area is 185 Å². The van der Waals surface area contributed by atoms with E-state index in [0.717, 1.165) is 18.4 Å². The number of benzene rings is 2. The fraction of sp³-hybridized carbons (Fsp3) is 0.300. The lowest BCUT2D eigenvalue weighted by atomic mass is 10.2. The van der Waals surface area contributed by atoms with E-state index in [9.17, 15) is 18.0 Å². The van der Waals surface area contributed by atoms with E-state index in [1.807, 2.05) is 0 Å². The summed E-state index contributed by atoms with van der Waals surface area (Å²) >= 11 is 11.8. The number of hydrogen-bond donors (Lipinski definition) is 1. The van der Waals surface area contributed by atoms with Gasteiger partial charge in [0.25, 0.3) is 5.91 Å². The molecule has 0 heterocycles. The zero-order valence-electron chi connectivity index (χ0n) is 16.1. The molecule has 1 aliphatic rings. The smallest absolute Gasteiger partial charge is 0.338 e. The molecule has 0 spiro atoms. The lowest BCUT2D eigenvalue weighted by Gasteiger charge is -2.17. The first-order valence-electron chi connectivity index (χ1n) is 9.13. The van der Waals surface area contributed by atoms with Gasteiger partial charge in [0.2, 0.25) is 10.0 Å². The van der Waals surface area contributed by atoms with Crippen molar-refractivity contribution in [1.82, 2.24) is 9.62 Å². The second-order valence-electron chi connectivity index (χ2n) is 7.00. The van der Waals surface area contributed by atoms with Gasteiger partial charge in [-0.15, -0.1) is 0 Å². The molecule has 160 valence electrons. The van der Waals surface area contributed by atoms with Gasteiger partial charge in [-0.05, 0) is 48.7 Å². The second kappa shape index (κ2) is 9.34. The van der Waals surface area contributed by atoms with Crippen LogP contribution in [0.15, 0.2) is 47.4 Å². The number of esters is 1. The van der Waals surface area contributed by atoms with Crippen LogP contribution in [0.1, 0.15) is 28.8 Å². The first kappa shape index (κ1) is 22.6. The number of sulfonamides is 1. The number of nitrogens with zero attached hydrogens (tertiary/aromatic N) is 1. The SMILES string of the molecule is CN(Cc1ccc(Cl)c(Cl)c1)C(=O)COC(=O)c1cccc(S(=O)(=O)NC2CC2)c1. The molecule has 3 rings (SSSR count). The number of ether oxygens (including phenoxy) is 1. The van der Waals surface area contributed by atoms with E-state index in [1.165, 1.54) is 29.2 Å². The first-order chi connectivity index (χ1) is 14.2. The van der Waals surface area contributed by atoms with Crippen molar-refractivity contribution in [3.05, 3.63) is 63.6 Å². The third-order valence-electron chi connectivity index (χ3n) is 4.44. The van der Waals surface area contributed by atoms with Crippen molar-refractivity contribution in [2.45, 2.75) is 30.3 Å². The van der Waals surface area contributed by atoms with Crippen molar-refractivity contribution < 1.29 is 22.7 Å². The minimum Gasteiger partial charge on any atom is -0.452 e. The van der Waals surface area contributed by atoms with Gasteiger partial charge in [-0.3, -0.25) is 4.79 Å². The average molecular weight is 471 g/mol. The predicted octanol–water partition coefficient (Wildman–Crippen LogP) is 3.25. The van der Waals surface area contributed by atoms with Crippen LogP contribution in [0.2, 0.25) is 10.0 Å². The van der Waals surface area contributed by atoms with Gasteiger partial charge in [-0.2, -0.15) is 0 Å². The summed E-state index contributed by atoms with van der Waals surface area (Å²) in [6, 6.07) is 10.5. The molecule has 0 aromatic heterocycles. The van der Waals surface area contributed by atoms with Gasteiger partial charge in [0, 0.05) is 19.6 Å². The lowest BCUT2D eigenvalue weighted by molar-refractivity contribution is -0.133. The van der Waals surface area contributed by atoms with Gasteiger partial charge >= 0.3 is 5.97 Å². The van der Waals surface area contributed by atoms with Crippen LogP contribution >= 0.6 is 23.2 Å². The molecule has 30 heavy (non-hydrogen) atoms. The summed E-state index contributed by atoms with van der Waals surface area (Å²) in [5.74, 6) is -1.21. The summed E-state index contributed by atoms with van der Waals surface area (Å²) in [5.41, 5.74) is 0.821. The summed E-state index contributed by atoms with van der Waals surface area (Å²) in [7, 11) is -2.13.